The lowest BCUT2D eigenvalue weighted by atomic mass is 10.1. The molecule has 0 radical (unpaired) electrons. The van der Waals surface area contributed by atoms with Gasteiger partial charge in [0.1, 0.15) is 12.4 Å². The normalized spacial score (nSPS) is 12.1. The van der Waals surface area contributed by atoms with Crippen molar-refractivity contribution >= 4 is 151 Å². The third kappa shape index (κ3) is 13.0. The molecule has 64 heavy (non-hydrogen) atoms. The highest BCUT2D eigenvalue weighted by atomic mass is 35.5. The van der Waals surface area contributed by atoms with Crippen molar-refractivity contribution in [3.05, 3.63) is 132 Å². The summed E-state index contributed by atoms with van der Waals surface area (Å²) in [7, 11) is 0. The molecule has 0 fully saturated rings. The van der Waals surface area contributed by atoms with Crippen LogP contribution in [0.25, 0.3) is 0 Å². The zero-order valence-corrected chi connectivity index (χ0v) is 38.3. The first-order chi connectivity index (χ1) is 30.5. The SMILES string of the molecule is CC(=O)C(N=Nc1ccc(Cl)c(C(=O)Nc2cccc(Cl)c2Cl)c1)C(=O)Nc1ccc(NC(=O)C(N=Nc2ccc(Cl)c(C(=O)Nc3cccc(Cl)c3Cl)c2)C(C)=O)c(OCCCl)c1. The van der Waals surface area contributed by atoms with Crippen LogP contribution >= 0.6 is 81.2 Å². The summed E-state index contributed by atoms with van der Waals surface area (Å²) in [4.78, 5) is 78.2. The van der Waals surface area contributed by atoms with E-state index < -0.39 is 47.3 Å². The van der Waals surface area contributed by atoms with E-state index in [0.717, 1.165) is 13.8 Å². The van der Waals surface area contributed by atoms with Crippen molar-refractivity contribution in [2.75, 3.05) is 33.8 Å². The van der Waals surface area contributed by atoms with Crippen LogP contribution in [-0.2, 0) is 19.2 Å². The van der Waals surface area contributed by atoms with Crippen molar-refractivity contribution in [1.82, 2.24) is 0 Å². The maximum Gasteiger partial charge on any atom is 0.258 e. The molecule has 0 saturated carbocycles. The Morgan fingerprint density at radius 3 is 1.47 bits per heavy atom. The smallest absolute Gasteiger partial charge is 0.258 e. The predicted octanol–water partition coefficient (Wildman–Crippen LogP) is 12.1. The van der Waals surface area contributed by atoms with Gasteiger partial charge in [0.05, 0.1) is 75.6 Å². The van der Waals surface area contributed by atoms with Gasteiger partial charge in [0, 0.05) is 11.8 Å². The van der Waals surface area contributed by atoms with Gasteiger partial charge in [0.2, 0.25) is 12.1 Å². The molecule has 0 spiro atoms. The summed E-state index contributed by atoms with van der Waals surface area (Å²) in [5.41, 5.74) is 0.799. The topological polar surface area (TPSA) is 209 Å². The van der Waals surface area contributed by atoms with Crippen molar-refractivity contribution in [1.29, 1.82) is 0 Å². The summed E-state index contributed by atoms with van der Waals surface area (Å²) in [5.74, 6) is -4.36. The lowest BCUT2D eigenvalue weighted by molar-refractivity contribution is -0.127. The summed E-state index contributed by atoms with van der Waals surface area (Å²) in [6.07, 6.45) is 0. The molecule has 2 unspecified atom stereocenters. The summed E-state index contributed by atoms with van der Waals surface area (Å²) >= 11 is 42.9. The highest BCUT2D eigenvalue weighted by Crippen LogP contribution is 2.34. The largest absolute Gasteiger partial charge is 0.490 e. The Bertz CT molecular complexity index is 2720. The van der Waals surface area contributed by atoms with Gasteiger partial charge in [-0.3, -0.25) is 28.8 Å². The third-order valence-electron chi connectivity index (χ3n) is 8.47. The molecule has 4 N–H and O–H groups in total. The minimum atomic E-state index is -1.66. The molecule has 2 atom stereocenters. The summed E-state index contributed by atoms with van der Waals surface area (Å²) in [6.45, 7) is 2.23. The second kappa shape index (κ2) is 22.8. The van der Waals surface area contributed by atoms with Gasteiger partial charge in [-0.15, -0.1) is 11.6 Å². The van der Waals surface area contributed by atoms with Gasteiger partial charge >= 0.3 is 0 Å². The number of hydrogen-bond acceptors (Lipinski definition) is 11. The van der Waals surface area contributed by atoms with Crippen molar-refractivity contribution < 1.29 is 33.5 Å². The van der Waals surface area contributed by atoms with E-state index in [4.69, 9.17) is 85.9 Å². The molecule has 0 aromatic heterocycles. The molecule has 0 aliphatic heterocycles. The second-order valence-corrected chi connectivity index (χ2v) is 15.9. The molecular weight excluding hydrogens is 977 g/mol. The van der Waals surface area contributed by atoms with Crippen LogP contribution < -0.4 is 26.0 Å². The van der Waals surface area contributed by atoms with Gasteiger partial charge in [-0.25, -0.2) is 0 Å². The first kappa shape index (κ1) is 49.4. The van der Waals surface area contributed by atoms with Crippen LogP contribution in [0.4, 0.5) is 34.1 Å². The molecule has 22 heteroatoms. The lowest BCUT2D eigenvalue weighted by Crippen LogP contribution is -2.32. The average Bonchev–Trinajstić information content (AvgIpc) is 3.25. The van der Waals surface area contributed by atoms with E-state index in [-0.39, 0.29) is 93.6 Å². The molecule has 330 valence electrons. The monoisotopic (exact) mass is 1000 g/mol. The molecule has 0 aliphatic rings. The third-order valence-corrected chi connectivity index (χ3v) is 10.9. The Morgan fingerprint density at radius 1 is 0.547 bits per heavy atom. The van der Waals surface area contributed by atoms with Crippen LogP contribution in [0.15, 0.2) is 111 Å². The van der Waals surface area contributed by atoms with Gasteiger partial charge in [-0.1, -0.05) is 81.7 Å². The first-order valence-corrected chi connectivity index (χ1v) is 21.1. The van der Waals surface area contributed by atoms with Crippen LogP contribution in [-0.4, -0.2) is 59.8 Å². The molecular formula is C42H31Cl7N8O7. The average molecular weight is 1010 g/mol. The number of nitrogens with zero attached hydrogens (tertiary/aromatic N) is 4. The summed E-state index contributed by atoms with van der Waals surface area (Å²) < 4.78 is 5.72. The fourth-order valence-corrected chi connectivity index (χ4v) is 6.53. The predicted molar refractivity (Wildman–Crippen MR) is 250 cm³/mol. The van der Waals surface area contributed by atoms with Gasteiger partial charge in [-0.05, 0) is 86.6 Å². The van der Waals surface area contributed by atoms with Crippen LogP contribution in [0.5, 0.6) is 5.75 Å². The molecule has 0 aliphatic carbocycles. The molecule has 15 nitrogen and oxygen atoms in total. The number of halogens is 7. The number of anilines is 4. The number of hydrogen-bond donors (Lipinski definition) is 4. The number of carbonyl (C=O) groups excluding carboxylic acids is 6. The lowest BCUT2D eigenvalue weighted by Gasteiger charge is -2.16. The van der Waals surface area contributed by atoms with E-state index >= 15 is 0 Å². The van der Waals surface area contributed by atoms with Crippen molar-refractivity contribution in [3.8, 4) is 5.75 Å². The maximum absolute atomic E-state index is 13.4. The molecule has 5 aromatic rings. The van der Waals surface area contributed by atoms with Gasteiger partial charge in [0.15, 0.2) is 11.6 Å². The molecule has 4 amide bonds. The highest BCUT2D eigenvalue weighted by molar-refractivity contribution is 6.45. The number of azo groups is 2. The highest BCUT2D eigenvalue weighted by Gasteiger charge is 2.27. The van der Waals surface area contributed by atoms with Gasteiger partial charge in [-0.2, -0.15) is 20.5 Å². The number of nitrogens with one attached hydrogen (secondary N) is 4. The number of ether oxygens (including phenoxy) is 1. The van der Waals surface area contributed by atoms with Crippen molar-refractivity contribution in [2.24, 2.45) is 20.5 Å². The first-order valence-electron chi connectivity index (χ1n) is 18.3. The van der Waals surface area contributed by atoms with E-state index in [0.29, 0.717) is 0 Å². The van der Waals surface area contributed by atoms with Crippen molar-refractivity contribution in [3.63, 3.8) is 0 Å². The minimum absolute atomic E-state index is 0.00818. The quantitative estimate of drug-likeness (QED) is 0.0402. The number of carbonyl (C=O) groups is 6. The number of amides is 4. The van der Waals surface area contributed by atoms with Crippen LogP contribution in [0.2, 0.25) is 30.1 Å². The number of alkyl halides is 1. The molecule has 0 heterocycles. The minimum Gasteiger partial charge on any atom is -0.490 e. The van der Waals surface area contributed by atoms with Gasteiger partial charge < -0.3 is 26.0 Å². The molecule has 0 bridgehead atoms. The fourth-order valence-electron chi connectivity index (χ4n) is 5.35. The van der Waals surface area contributed by atoms with Crippen molar-refractivity contribution in [2.45, 2.75) is 25.9 Å². The van der Waals surface area contributed by atoms with Gasteiger partial charge in [0.25, 0.3) is 23.6 Å². The molecule has 5 rings (SSSR count). The number of ketones is 2. The Kier molecular flexibility index (Phi) is 17.6. The summed E-state index contributed by atoms with van der Waals surface area (Å²) in [6, 6.07) is 18.4. The zero-order chi connectivity index (χ0) is 46.7. The second-order valence-electron chi connectivity index (χ2n) is 13.1. The Hall–Kier alpha value is -5.65. The number of Topliss-reactive ketones (excluding diaryl/α,β-unsaturated/α-hetero) is 2. The molecule has 5 aromatic carbocycles. The Labute approximate surface area is 399 Å². The Balaban J connectivity index is 1.29. The van der Waals surface area contributed by atoms with E-state index in [2.05, 4.69) is 41.7 Å². The van der Waals surface area contributed by atoms with E-state index in [9.17, 15) is 28.8 Å². The zero-order valence-electron chi connectivity index (χ0n) is 33.0. The number of rotatable bonds is 17. The maximum atomic E-state index is 13.4. The standard InChI is InChI=1S/C42H31Cl7N8O7/c1-20(58)37(56-54-23-9-12-27(44)25(17-23)39(60)52-32-7-3-5-29(46)35(32)48)41(62)50-22-11-14-31(34(19-22)64-16-15-43)51-42(63)38(21(2)59)57-55-24-10-13-28(45)26(18-24)40(61)53-33-8-4-6-30(47)36(33)49/h3-14,17-19,37-38H,15-16H2,1-2H3,(H,50,62)(H,51,63)(H,52,60)(H,53,61). The van der Waals surface area contributed by atoms with Crippen LogP contribution in [0.1, 0.15) is 34.6 Å². The van der Waals surface area contributed by atoms with Crippen LogP contribution in [0.3, 0.4) is 0 Å². The summed E-state index contributed by atoms with van der Waals surface area (Å²) in [5, 5.41) is 27.1. The van der Waals surface area contributed by atoms with Crippen LogP contribution in [0, 0.1) is 0 Å². The van der Waals surface area contributed by atoms with E-state index in [1.165, 1.54) is 54.6 Å². The molecule has 0 saturated heterocycles. The fraction of sp³-hybridized carbons (Fsp3) is 0.143. The van der Waals surface area contributed by atoms with E-state index in [1.54, 1.807) is 36.4 Å². The van der Waals surface area contributed by atoms with E-state index in [1.807, 2.05) is 0 Å². The number of benzene rings is 5. The Morgan fingerprint density at radius 2 is 1.02 bits per heavy atom.